The normalized spacial score (nSPS) is 19.1. The number of benzene rings is 2. The van der Waals surface area contributed by atoms with Crippen LogP contribution in [-0.2, 0) is 48.0 Å². The third-order valence-corrected chi connectivity index (χ3v) is 9.92. The Labute approximate surface area is 298 Å². The van der Waals surface area contributed by atoms with Crippen LogP contribution in [0.4, 0.5) is 10.1 Å². The fourth-order valence-corrected chi connectivity index (χ4v) is 7.43. The quantitative estimate of drug-likeness (QED) is 0.175. The van der Waals surface area contributed by atoms with Crippen LogP contribution < -0.4 is 21.3 Å². The Balaban J connectivity index is 1.60. The largest absolute Gasteiger partial charge is 0.461 e. The molecular formula is C38H51FN6O6. The molecule has 0 bridgehead atoms. The molecule has 5 rings (SSSR count). The lowest BCUT2D eigenvalue weighted by Gasteiger charge is -2.34. The number of likely N-dealkylation sites (N-methyl/N-ethyl adjacent to an activating group) is 2. The van der Waals surface area contributed by atoms with E-state index >= 15 is 0 Å². The highest BCUT2D eigenvalue weighted by atomic mass is 19.1. The van der Waals surface area contributed by atoms with Gasteiger partial charge in [-0.25, -0.2) is 4.39 Å². The number of carbonyl (C=O) groups is 4. The van der Waals surface area contributed by atoms with Crippen molar-refractivity contribution in [3.05, 3.63) is 65.1 Å². The number of esters is 2. The topological polar surface area (TPSA) is 143 Å². The van der Waals surface area contributed by atoms with Gasteiger partial charge < -0.3 is 40.2 Å². The van der Waals surface area contributed by atoms with Gasteiger partial charge in [0.2, 0.25) is 11.8 Å². The van der Waals surface area contributed by atoms with Crippen molar-refractivity contribution < 1.29 is 33.0 Å². The summed E-state index contributed by atoms with van der Waals surface area (Å²) in [6, 6.07) is 10.4. The summed E-state index contributed by atoms with van der Waals surface area (Å²) in [5.41, 5.74) is 4.72. The third kappa shape index (κ3) is 8.88. The maximum Gasteiger partial charge on any atom is 0.303 e. The number of ether oxygens (including phenoxy) is 2. The average Bonchev–Trinajstić information content (AvgIpc) is 3.67. The second kappa shape index (κ2) is 16.7. The Morgan fingerprint density at radius 1 is 1.12 bits per heavy atom. The number of hydrogen-bond acceptors (Lipinski definition) is 9. The minimum atomic E-state index is -0.917. The molecule has 3 heterocycles. The highest BCUT2D eigenvalue weighted by Crippen LogP contribution is 2.40. The van der Waals surface area contributed by atoms with E-state index in [1.807, 2.05) is 6.92 Å². The second-order valence-electron chi connectivity index (χ2n) is 13.7. The van der Waals surface area contributed by atoms with E-state index in [0.29, 0.717) is 38.0 Å². The first kappa shape index (κ1) is 37.8. The van der Waals surface area contributed by atoms with Gasteiger partial charge in [0.25, 0.3) is 0 Å². The molecule has 0 spiro atoms. The zero-order chi connectivity index (χ0) is 36.8. The molecule has 2 amide bonds. The number of amides is 2. The van der Waals surface area contributed by atoms with Crippen LogP contribution in [0.2, 0.25) is 0 Å². The third-order valence-electron chi connectivity index (χ3n) is 9.92. The first-order valence-corrected chi connectivity index (χ1v) is 17.8. The Kier molecular flexibility index (Phi) is 12.4. The molecule has 2 aliphatic heterocycles. The van der Waals surface area contributed by atoms with E-state index < -0.39 is 36.0 Å². The molecule has 2 aliphatic rings. The van der Waals surface area contributed by atoms with Gasteiger partial charge in [-0.15, -0.1) is 0 Å². The molecule has 51 heavy (non-hydrogen) atoms. The summed E-state index contributed by atoms with van der Waals surface area (Å²) < 4.78 is 28.6. The van der Waals surface area contributed by atoms with E-state index in [-0.39, 0.29) is 36.5 Å². The number of nitrogens with one attached hydrogen (secondary N) is 4. The number of nitrogens with zero attached hydrogens (tertiary/aromatic N) is 2. The first-order valence-electron chi connectivity index (χ1n) is 17.8. The lowest BCUT2D eigenvalue weighted by molar-refractivity contribution is -0.150. The van der Waals surface area contributed by atoms with Crippen molar-refractivity contribution in [2.45, 2.75) is 103 Å². The van der Waals surface area contributed by atoms with Gasteiger partial charge >= 0.3 is 11.9 Å². The standard InChI is InChI=1S/C38H51FN6O6/c1-7-32(43-37(48)22(2)40-5)38(49)44(6)21-33(51-24(4)47)34(42-27-14-9-13-26(39)17-27)36-31(19-28-18-29(20-41-28)50-23(3)46)30-15-8-11-25-12-10-16-45(36)35(25)30/h8-9,11,13-15,17,22,28-29,32-34,40-42H,7,10,12,16,18-21H2,1-6H3,(H,43,48)/t22-,28-,29-,32-,33?,34?/m0/s1. The molecule has 2 aromatic carbocycles. The van der Waals surface area contributed by atoms with Crippen molar-refractivity contribution in [1.82, 2.24) is 25.4 Å². The van der Waals surface area contributed by atoms with Gasteiger partial charge in [-0.3, -0.25) is 19.2 Å². The number of carbonyl (C=O) groups excluding carboxylic acids is 4. The minimum absolute atomic E-state index is 0.00303. The van der Waals surface area contributed by atoms with Crippen LogP contribution in [0.1, 0.15) is 69.8 Å². The lowest BCUT2D eigenvalue weighted by atomic mass is 9.94. The molecule has 1 aromatic heterocycles. The first-order chi connectivity index (χ1) is 24.4. The van der Waals surface area contributed by atoms with E-state index in [1.165, 1.54) is 36.4 Å². The van der Waals surface area contributed by atoms with Crippen LogP contribution in [-0.4, -0.2) is 90.7 Å². The number of anilines is 1. The maximum absolute atomic E-state index is 14.6. The van der Waals surface area contributed by atoms with Crippen molar-refractivity contribution in [2.24, 2.45) is 0 Å². The summed E-state index contributed by atoms with van der Waals surface area (Å²) in [7, 11) is 3.30. The summed E-state index contributed by atoms with van der Waals surface area (Å²) in [6.45, 7) is 7.52. The zero-order valence-corrected chi connectivity index (χ0v) is 30.4. The molecular weight excluding hydrogens is 655 g/mol. The summed E-state index contributed by atoms with van der Waals surface area (Å²) in [4.78, 5) is 52.6. The SMILES string of the molecule is CC[C@H](NC(=O)[C@H](C)NC)C(=O)N(C)CC(OC(C)=O)C(Nc1cccc(F)c1)c1c(C[C@@H]2C[C@H](OC(C)=O)CN2)c2cccc3c2n1CCC3. The van der Waals surface area contributed by atoms with E-state index in [1.54, 1.807) is 33.2 Å². The predicted octanol–water partition coefficient (Wildman–Crippen LogP) is 3.61. The Morgan fingerprint density at radius 2 is 1.88 bits per heavy atom. The molecule has 276 valence electrons. The monoisotopic (exact) mass is 706 g/mol. The Hall–Kier alpha value is -4.49. The van der Waals surface area contributed by atoms with E-state index in [4.69, 9.17) is 9.47 Å². The fraction of sp³-hybridized carbons (Fsp3) is 0.526. The number of para-hydroxylation sites is 1. The van der Waals surface area contributed by atoms with Gasteiger partial charge in [0.15, 0.2) is 0 Å². The molecule has 3 aromatic rings. The smallest absolute Gasteiger partial charge is 0.303 e. The molecule has 6 atom stereocenters. The van der Waals surface area contributed by atoms with Crippen molar-refractivity contribution in [1.29, 1.82) is 0 Å². The lowest BCUT2D eigenvalue weighted by Crippen LogP contribution is -2.53. The highest BCUT2D eigenvalue weighted by molar-refractivity contribution is 5.90. The van der Waals surface area contributed by atoms with Gasteiger partial charge in [0.05, 0.1) is 18.1 Å². The highest BCUT2D eigenvalue weighted by Gasteiger charge is 2.38. The molecule has 0 aliphatic carbocycles. The van der Waals surface area contributed by atoms with E-state index in [2.05, 4.69) is 44.0 Å². The van der Waals surface area contributed by atoms with E-state index in [0.717, 1.165) is 35.0 Å². The zero-order valence-electron chi connectivity index (χ0n) is 30.4. The number of hydrogen-bond donors (Lipinski definition) is 4. The van der Waals surface area contributed by atoms with Crippen LogP contribution in [0, 0.1) is 5.82 Å². The number of aryl methyl sites for hydroxylation is 2. The summed E-state index contributed by atoms with van der Waals surface area (Å²) in [5.74, 6) is -1.91. The fourth-order valence-electron chi connectivity index (χ4n) is 7.43. The van der Waals surface area contributed by atoms with Gasteiger partial charge in [0.1, 0.15) is 30.1 Å². The van der Waals surface area contributed by atoms with Gasteiger partial charge in [-0.05, 0) is 69.0 Å². The van der Waals surface area contributed by atoms with Gasteiger partial charge in [0, 0.05) is 63.2 Å². The molecule has 0 saturated carbocycles. The molecule has 2 unspecified atom stereocenters. The summed E-state index contributed by atoms with van der Waals surface area (Å²) >= 11 is 0. The Morgan fingerprint density at radius 3 is 2.57 bits per heavy atom. The number of rotatable bonds is 15. The summed E-state index contributed by atoms with van der Waals surface area (Å²) in [5, 5.41) is 13.8. The predicted molar refractivity (Wildman–Crippen MR) is 193 cm³/mol. The second-order valence-corrected chi connectivity index (χ2v) is 13.7. The van der Waals surface area contributed by atoms with Crippen LogP contribution in [0.25, 0.3) is 10.9 Å². The minimum Gasteiger partial charge on any atom is -0.461 e. The molecule has 13 heteroatoms. The average molecular weight is 707 g/mol. The van der Waals surface area contributed by atoms with Crippen LogP contribution >= 0.6 is 0 Å². The Bertz CT molecular complexity index is 1740. The number of halogens is 1. The number of aromatic nitrogens is 1. The van der Waals surface area contributed by atoms with Crippen molar-refractivity contribution in [3.63, 3.8) is 0 Å². The van der Waals surface area contributed by atoms with Crippen LogP contribution in [0.3, 0.4) is 0 Å². The molecule has 1 fully saturated rings. The maximum atomic E-state index is 14.6. The van der Waals surface area contributed by atoms with Crippen LogP contribution in [0.15, 0.2) is 42.5 Å². The summed E-state index contributed by atoms with van der Waals surface area (Å²) in [6.07, 6.45) is 2.24. The molecule has 12 nitrogen and oxygen atoms in total. The van der Waals surface area contributed by atoms with Gasteiger partial charge in [-0.2, -0.15) is 0 Å². The van der Waals surface area contributed by atoms with E-state index in [9.17, 15) is 23.6 Å². The van der Waals surface area contributed by atoms with Crippen molar-refractivity contribution in [3.8, 4) is 0 Å². The van der Waals surface area contributed by atoms with Crippen molar-refractivity contribution >= 4 is 40.3 Å². The van der Waals surface area contributed by atoms with Crippen molar-refractivity contribution in [2.75, 3.05) is 32.5 Å². The molecule has 1 saturated heterocycles. The van der Waals surface area contributed by atoms with Gasteiger partial charge in [-0.1, -0.05) is 31.2 Å². The molecule has 4 N–H and O–H groups in total. The molecule has 0 radical (unpaired) electrons. The van der Waals surface area contributed by atoms with Crippen LogP contribution in [0.5, 0.6) is 0 Å².